The minimum Gasteiger partial charge on any atom is -0.393 e. The minimum absolute atomic E-state index is 0.0471. The SMILES string of the molecule is COCCN1CCC(O)C2CCCCC21. The number of rotatable bonds is 3. The number of ether oxygens (including phenoxy) is 1. The highest BCUT2D eigenvalue weighted by atomic mass is 16.5. The molecule has 3 nitrogen and oxygen atoms in total. The second kappa shape index (κ2) is 5.28. The lowest BCUT2D eigenvalue weighted by molar-refractivity contribution is -0.0422. The summed E-state index contributed by atoms with van der Waals surface area (Å²) in [6, 6.07) is 0.623. The maximum atomic E-state index is 9.99. The number of aliphatic hydroxyl groups excluding tert-OH is 1. The number of likely N-dealkylation sites (tertiary alicyclic amines) is 1. The second-order valence-corrected chi connectivity index (χ2v) is 4.90. The van der Waals surface area contributed by atoms with E-state index in [1.165, 1.54) is 25.7 Å². The van der Waals surface area contributed by atoms with Crippen LogP contribution in [0, 0.1) is 5.92 Å². The van der Waals surface area contributed by atoms with Crippen LogP contribution in [-0.4, -0.2) is 49.0 Å². The van der Waals surface area contributed by atoms with Gasteiger partial charge in [0.25, 0.3) is 0 Å². The van der Waals surface area contributed by atoms with Crippen molar-refractivity contribution in [3.8, 4) is 0 Å². The predicted molar refractivity (Wildman–Crippen MR) is 59.8 cm³/mol. The first kappa shape index (κ1) is 11.4. The molecule has 0 aromatic rings. The molecule has 2 fully saturated rings. The molecule has 0 amide bonds. The van der Waals surface area contributed by atoms with Crippen LogP contribution < -0.4 is 0 Å². The number of aliphatic hydroxyl groups is 1. The summed E-state index contributed by atoms with van der Waals surface area (Å²) in [5.41, 5.74) is 0. The fourth-order valence-corrected chi connectivity index (χ4v) is 3.21. The molecule has 0 spiro atoms. The number of hydrogen-bond acceptors (Lipinski definition) is 3. The molecule has 15 heavy (non-hydrogen) atoms. The normalized spacial score (nSPS) is 37.6. The molecule has 88 valence electrons. The average Bonchev–Trinajstić information content (AvgIpc) is 2.29. The van der Waals surface area contributed by atoms with E-state index < -0.39 is 0 Å². The topological polar surface area (TPSA) is 32.7 Å². The number of fused-ring (bicyclic) bond motifs is 1. The van der Waals surface area contributed by atoms with Crippen molar-refractivity contribution in [3.05, 3.63) is 0 Å². The third-order valence-corrected chi connectivity index (χ3v) is 4.04. The molecule has 0 radical (unpaired) electrons. The van der Waals surface area contributed by atoms with Crippen molar-refractivity contribution < 1.29 is 9.84 Å². The monoisotopic (exact) mass is 213 g/mol. The van der Waals surface area contributed by atoms with Gasteiger partial charge in [0.15, 0.2) is 0 Å². The summed E-state index contributed by atoms with van der Waals surface area (Å²) in [4.78, 5) is 2.53. The maximum absolute atomic E-state index is 9.99. The molecule has 1 saturated carbocycles. The highest BCUT2D eigenvalue weighted by Gasteiger charge is 2.37. The molecular weight excluding hydrogens is 190 g/mol. The number of methoxy groups -OCH3 is 1. The first-order valence-electron chi connectivity index (χ1n) is 6.24. The molecule has 1 saturated heterocycles. The molecule has 0 aromatic carbocycles. The van der Waals surface area contributed by atoms with Gasteiger partial charge in [-0.15, -0.1) is 0 Å². The summed E-state index contributed by atoms with van der Waals surface area (Å²) in [6.07, 6.45) is 6.02. The van der Waals surface area contributed by atoms with Gasteiger partial charge in [-0.1, -0.05) is 12.8 Å². The Labute approximate surface area is 92.4 Å². The standard InChI is InChI=1S/C12H23NO2/c1-15-9-8-13-7-6-12(14)10-4-2-3-5-11(10)13/h10-12,14H,2-9H2,1H3. The van der Waals surface area contributed by atoms with Crippen LogP contribution in [0.4, 0.5) is 0 Å². The van der Waals surface area contributed by atoms with Crippen molar-refractivity contribution in [1.29, 1.82) is 0 Å². The Morgan fingerprint density at radius 2 is 2.07 bits per heavy atom. The Morgan fingerprint density at radius 1 is 1.27 bits per heavy atom. The molecule has 3 unspecified atom stereocenters. The molecule has 3 atom stereocenters. The van der Waals surface area contributed by atoms with Crippen molar-refractivity contribution in [3.63, 3.8) is 0 Å². The van der Waals surface area contributed by atoms with Crippen LogP contribution in [0.15, 0.2) is 0 Å². The molecule has 1 aliphatic carbocycles. The quantitative estimate of drug-likeness (QED) is 0.766. The summed E-state index contributed by atoms with van der Waals surface area (Å²) in [5, 5.41) is 9.99. The predicted octanol–water partition coefficient (Wildman–Crippen LogP) is 1.26. The fraction of sp³-hybridized carbons (Fsp3) is 1.00. The molecule has 2 rings (SSSR count). The van der Waals surface area contributed by atoms with Crippen molar-refractivity contribution in [2.75, 3.05) is 26.8 Å². The molecule has 1 N–H and O–H groups in total. The van der Waals surface area contributed by atoms with E-state index in [0.717, 1.165) is 26.1 Å². The zero-order chi connectivity index (χ0) is 10.7. The van der Waals surface area contributed by atoms with Crippen molar-refractivity contribution in [2.45, 2.75) is 44.2 Å². The molecule has 2 aliphatic rings. The molecule has 3 heteroatoms. The zero-order valence-corrected chi connectivity index (χ0v) is 9.69. The first-order valence-corrected chi connectivity index (χ1v) is 6.24. The fourth-order valence-electron chi connectivity index (χ4n) is 3.21. The molecular formula is C12H23NO2. The van der Waals surface area contributed by atoms with Crippen LogP contribution in [0.25, 0.3) is 0 Å². The van der Waals surface area contributed by atoms with Crippen LogP contribution in [0.5, 0.6) is 0 Å². The van der Waals surface area contributed by atoms with Crippen LogP contribution in [0.1, 0.15) is 32.1 Å². The summed E-state index contributed by atoms with van der Waals surface area (Å²) >= 11 is 0. The molecule has 0 aromatic heterocycles. The van der Waals surface area contributed by atoms with Crippen LogP contribution in [-0.2, 0) is 4.74 Å². The van der Waals surface area contributed by atoms with Gasteiger partial charge in [0.05, 0.1) is 12.7 Å². The van der Waals surface area contributed by atoms with Gasteiger partial charge in [-0.25, -0.2) is 0 Å². The van der Waals surface area contributed by atoms with E-state index in [9.17, 15) is 5.11 Å². The van der Waals surface area contributed by atoms with E-state index in [2.05, 4.69) is 4.90 Å². The largest absolute Gasteiger partial charge is 0.393 e. The lowest BCUT2D eigenvalue weighted by atomic mass is 9.76. The van der Waals surface area contributed by atoms with Crippen LogP contribution >= 0.6 is 0 Å². The Morgan fingerprint density at radius 3 is 2.87 bits per heavy atom. The Bertz CT molecular complexity index is 196. The Kier molecular flexibility index (Phi) is 4.00. The summed E-state index contributed by atoms with van der Waals surface area (Å²) in [5.74, 6) is 0.532. The van der Waals surface area contributed by atoms with Crippen molar-refractivity contribution >= 4 is 0 Å². The average molecular weight is 213 g/mol. The van der Waals surface area contributed by atoms with Gasteiger partial charge in [0, 0.05) is 32.2 Å². The Balaban J connectivity index is 1.94. The van der Waals surface area contributed by atoms with E-state index in [0.29, 0.717) is 12.0 Å². The first-order chi connectivity index (χ1) is 7.33. The highest BCUT2D eigenvalue weighted by molar-refractivity contribution is 4.91. The smallest absolute Gasteiger partial charge is 0.0595 e. The van der Waals surface area contributed by atoms with Gasteiger partial charge in [0.1, 0.15) is 0 Å². The highest BCUT2D eigenvalue weighted by Crippen LogP contribution is 2.35. The molecule has 0 bridgehead atoms. The van der Waals surface area contributed by atoms with E-state index in [4.69, 9.17) is 4.74 Å². The van der Waals surface area contributed by atoms with E-state index in [-0.39, 0.29) is 6.10 Å². The zero-order valence-electron chi connectivity index (χ0n) is 9.69. The van der Waals surface area contributed by atoms with Crippen molar-refractivity contribution in [2.24, 2.45) is 5.92 Å². The minimum atomic E-state index is -0.0471. The summed E-state index contributed by atoms with van der Waals surface area (Å²) < 4.78 is 5.15. The number of nitrogens with zero attached hydrogens (tertiary/aromatic N) is 1. The number of piperidine rings is 1. The lowest BCUT2D eigenvalue weighted by Crippen LogP contribution is -2.53. The third-order valence-electron chi connectivity index (χ3n) is 4.04. The molecule has 1 heterocycles. The third kappa shape index (κ3) is 2.52. The van der Waals surface area contributed by atoms with E-state index in [1.807, 2.05) is 0 Å². The van der Waals surface area contributed by atoms with Crippen LogP contribution in [0.3, 0.4) is 0 Å². The second-order valence-electron chi connectivity index (χ2n) is 4.90. The van der Waals surface area contributed by atoms with Gasteiger partial charge in [-0.3, -0.25) is 4.90 Å². The van der Waals surface area contributed by atoms with E-state index in [1.54, 1.807) is 7.11 Å². The lowest BCUT2D eigenvalue weighted by Gasteiger charge is -2.46. The van der Waals surface area contributed by atoms with Gasteiger partial charge in [-0.2, -0.15) is 0 Å². The molecule has 1 aliphatic heterocycles. The Hall–Kier alpha value is -0.120. The summed E-state index contributed by atoms with van der Waals surface area (Å²) in [7, 11) is 1.76. The number of hydrogen-bond donors (Lipinski definition) is 1. The maximum Gasteiger partial charge on any atom is 0.0595 e. The van der Waals surface area contributed by atoms with Gasteiger partial charge < -0.3 is 9.84 Å². The van der Waals surface area contributed by atoms with Crippen molar-refractivity contribution in [1.82, 2.24) is 4.90 Å². The van der Waals surface area contributed by atoms with Gasteiger partial charge in [-0.05, 0) is 19.3 Å². The van der Waals surface area contributed by atoms with Crippen LogP contribution in [0.2, 0.25) is 0 Å². The van der Waals surface area contributed by atoms with Gasteiger partial charge in [0.2, 0.25) is 0 Å². The summed E-state index contributed by atoms with van der Waals surface area (Å²) in [6.45, 7) is 2.90. The van der Waals surface area contributed by atoms with E-state index >= 15 is 0 Å². The van der Waals surface area contributed by atoms with Gasteiger partial charge >= 0.3 is 0 Å².